The van der Waals surface area contributed by atoms with Gasteiger partial charge in [0.05, 0.1) is 0 Å². The molecule has 9 rings (SSSR count). The van der Waals surface area contributed by atoms with E-state index in [2.05, 4.69) is 9.80 Å². The van der Waals surface area contributed by atoms with Crippen molar-refractivity contribution < 1.29 is 0 Å². The van der Waals surface area contributed by atoms with Gasteiger partial charge in [0.1, 0.15) is 0 Å². The van der Waals surface area contributed by atoms with Crippen LogP contribution in [0.15, 0.2) is 0 Å². The maximum atomic E-state index is 3.32. The minimum absolute atomic E-state index is 0.927. The second-order valence-corrected chi connectivity index (χ2v) is 21.6. The highest BCUT2D eigenvalue weighted by Gasteiger charge is 2.56. The van der Waals surface area contributed by atoms with Gasteiger partial charge in [-0.05, 0) is 150 Å². The molecular formula is C50H86N2. The van der Waals surface area contributed by atoms with E-state index in [1.54, 1.807) is 103 Å². The lowest BCUT2D eigenvalue weighted by Gasteiger charge is -2.61. The monoisotopic (exact) mass is 715 g/mol. The fourth-order valence-corrected chi connectivity index (χ4v) is 17.3. The van der Waals surface area contributed by atoms with Gasteiger partial charge < -0.3 is 0 Å². The molecule has 0 aromatic carbocycles. The lowest BCUT2D eigenvalue weighted by molar-refractivity contribution is -0.123. The molecule has 0 saturated heterocycles. The molecule has 0 N–H and O–H groups in total. The molecule has 296 valence electrons. The summed E-state index contributed by atoms with van der Waals surface area (Å²) < 4.78 is 0. The third-order valence-corrected chi connectivity index (χ3v) is 19.0. The van der Waals surface area contributed by atoms with E-state index in [9.17, 15) is 0 Å². The summed E-state index contributed by atoms with van der Waals surface area (Å²) in [4.78, 5) is 6.64. The first-order valence-corrected chi connectivity index (χ1v) is 25.4. The third-order valence-electron chi connectivity index (χ3n) is 19.0. The predicted octanol–water partition coefficient (Wildman–Crippen LogP) is 13.9. The van der Waals surface area contributed by atoms with Gasteiger partial charge in [-0.3, -0.25) is 9.80 Å². The van der Waals surface area contributed by atoms with Gasteiger partial charge in [-0.15, -0.1) is 0 Å². The van der Waals surface area contributed by atoms with E-state index >= 15 is 0 Å². The quantitative estimate of drug-likeness (QED) is 0.247. The highest BCUT2D eigenvalue weighted by atomic mass is 15.2. The lowest BCUT2D eigenvalue weighted by atomic mass is 9.45. The zero-order valence-electron chi connectivity index (χ0n) is 34.4. The Hall–Kier alpha value is -0.0800. The summed E-state index contributed by atoms with van der Waals surface area (Å²) in [6, 6.07) is 5.58. The summed E-state index contributed by atoms with van der Waals surface area (Å²) in [5.41, 5.74) is 0. The van der Waals surface area contributed by atoms with Crippen molar-refractivity contribution in [2.24, 2.45) is 47.3 Å². The Morgan fingerprint density at radius 2 is 0.462 bits per heavy atom. The summed E-state index contributed by atoms with van der Waals surface area (Å²) in [6.07, 6.45) is 55.8. The number of rotatable bonds is 8. The summed E-state index contributed by atoms with van der Waals surface area (Å²) >= 11 is 0. The number of nitrogens with zero attached hydrogens (tertiary/aromatic N) is 2. The van der Waals surface area contributed by atoms with Crippen LogP contribution in [-0.4, -0.2) is 46.1 Å². The zero-order valence-corrected chi connectivity index (χ0v) is 34.4. The van der Waals surface area contributed by atoms with Gasteiger partial charge in [0.15, 0.2) is 0 Å². The van der Waals surface area contributed by atoms with Crippen molar-refractivity contribution >= 4 is 0 Å². The lowest BCUT2D eigenvalue weighted by Crippen LogP contribution is -2.57. The maximum absolute atomic E-state index is 3.32. The molecule has 9 saturated carbocycles. The molecule has 0 aromatic rings. The van der Waals surface area contributed by atoms with Crippen molar-refractivity contribution in [2.45, 2.75) is 267 Å². The molecular weight excluding hydrogens is 629 g/mol. The van der Waals surface area contributed by atoms with Crippen LogP contribution in [0.5, 0.6) is 0 Å². The summed E-state index contributed by atoms with van der Waals surface area (Å²) in [7, 11) is 0. The molecule has 9 aliphatic carbocycles. The molecule has 0 heterocycles. The molecule has 8 atom stereocenters. The van der Waals surface area contributed by atoms with E-state index in [1.165, 1.54) is 128 Å². The predicted molar refractivity (Wildman–Crippen MR) is 221 cm³/mol. The van der Waals surface area contributed by atoms with Crippen molar-refractivity contribution in [3.05, 3.63) is 0 Å². The molecule has 9 fully saturated rings. The van der Waals surface area contributed by atoms with Crippen LogP contribution in [0.3, 0.4) is 0 Å². The Bertz CT molecular complexity index is 918. The second-order valence-electron chi connectivity index (χ2n) is 21.6. The molecule has 0 radical (unpaired) electrons. The average Bonchev–Trinajstić information content (AvgIpc) is 3.22. The van der Waals surface area contributed by atoms with Gasteiger partial charge >= 0.3 is 0 Å². The second kappa shape index (κ2) is 18.0. The average molecular weight is 715 g/mol. The van der Waals surface area contributed by atoms with Crippen LogP contribution >= 0.6 is 0 Å². The fraction of sp³-hybridized carbons (Fsp3) is 1.00. The first kappa shape index (κ1) is 37.5. The summed E-state index contributed by atoms with van der Waals surface area (Å²) in [5, 5.41) is 0. The van der Waals surface area contributed by atoms with E-state index in [4.69, 9.17) is 0 Å². The van der Waals surface area contributed by atoms with Crippen molar-refractivity contribution in [1.29, 1.82) is 0 Å². The highest BCUT2D eigenvalue weighted by Crippen LogP contribution is 2.62. The minimum atomic E-state index is 0.927. The van der Waals surface area contributed by atoms with E-state index in [0.29, 0.717) is 0 Å². The third kappa shape index (κ3) is 8.04. The molecule has 9 aliphatic rings. The highest BCUT2D eigenvalue weighted by molar-refractivity contribution is 5.06. The largest absolute Gasteiger partial charge is 0.294 e. The molecule has 2 nitrogen and oxygen atoms in total. The molecule has 0 aromatic heterocycles. The molecule has 2 heteroatoms. The fourth-order valence-electron chi connectivity index (χ4n) is 17.3. The van der Waals surface area contributed by atoms with Crippen molar-refractivity contribution in [1.82, 2.24) is 9.80 Å². The van der Waals surface area contributed by atoms with Gasteiger partial charge in [-0.25, -0.2) is 0 Å². The van der Waals surface area contributed by atoms with Gasteiger partial charge in [-0.1, -0.05) is 128 Å². The van der Waals surface area contributed by atoms with Gasteiger partial charge in [-0.2, -0.15) is 0 Å². The smallest absolute Gasteiger partial charge is 0.0104 e. The SMILES string of the molecule is C1CCC(N(C2CCCCC2)C2CCCC(C3C4CCCCC4C(C4CCCC(N(C5CCCCC5)C5CCCCC5)C4)C4CCCCC43)C2)CC1. The molecule has 0 aliphatic heterocycles. The Morgan fingerprint density at radius 3 is 0.750 bits per heavy atom. The van der Waals surface area contributed by atoms with Crippen molar-refractivity contribution in [3.8, 4) is 0 Å². The minimum Gasteiger partial charge on any atom is -0.294 e. The van der Waals surface area contributed by atoms with Gasteiger partial charge in [0.25, 0.3) is 0 Å². The Kier molecular flexibility index (Phi) is 13.0. The zero-order chi connectivity index (χ0) is 34.7. The topological polar surface area (TPSA) is 6.48 Å². The molecule has 0 amide bonds. The Morgan fingerprint density at radius 1 is 0.212 bits per heavy atom. The first-order chi connectivity index (χ1) is 25.8. The van der Waals surface area contributed by atoms with Crippen LogP contribution in [-0.2, 0) is 0 Å². The van der Waals surface area contributed by atoms with Crippen LogP contribution in [0.1, 0.15) is 231 Å². The van der Waals surface area contributed by atoms with Crippen LogP contribution in [0.2, 0.25) is 0 Å². The summed E-state index contributed by atoms with van der Waals surface area (Å²) in [5.74, 6) is 8.65. The number of hydrogen-bond donors (Lipinski definition) is 0. The van der Waals surface area contributed by atoms with Crippen LogP contribution < -0.4 is 0 Å². The molecule has 0 spiro atoms. The number of hydrogen-bond acceptors (Lipinski definition) is 2. The van der Waals surface area contributed by atoms with Crippen molar-refractivity contribution in [2.75, 3.05) is 0 Å². The normalized spacial score (nSPS) is 42.6. The van der Waals surface area contributed by atoms with Crippen LogP contribution in [0.25, 0.3) is 0 Å². The maximum Gasteiger partial charge on any atom is 0.0104 e. The van der Waals surface area contributed by atoms with E-state index in [0.717, 1.165) is 83.6 Å². The summed E-state index contributed by atoms with van der Waals surface area (Å²) in [6.45, 7) is 0. The molecule has 8 unspecified atom stereocenters. The van der Waals surface area contributed by atoms with Gasteiger partial charge in [0, 0.05) is 36.3 Å². The number of fused-ring (bicyclic) bond motifs is 2. The first-order valence-electron chi connectivity index (χ1n) is 25.4. The van der Waals surface area contributed by atoms with Crippen LogP contribution in [0.4, 0.5) is 0 Å². The standard InChI is InChI=1S/C50H86N2/c1-5-21-39(22-6-1)51(40-23-7-2-8-24-40)43-29-17-19-37(35-43)49-45-31-13-15-33-47(45)50(48-34-16-14-32-46(48)49)38-20-18-30-44(36-38)52(41-25-9-3-10-26-41)42-27-11-4-12-28-42/h37-50H,1-36H2. The van der Waals surface area contributed by atoms with E-state index in [1.807, 2.05) is 0 Å². The van der Waals surface area contributed by atoms with Crippen LogP contribution in [0, 0.1) is 47.3 Å². The van der Waals surface area contributed by atoms with Gasteiger partial charge in [0.2, 0.25) is 0 Å². The molecule has 52 heavy (non-hydrogen) atoms. The van der Waals surface area contributed by atoms with E-state index in [-0.39, 0.29) is 0 Å². The molecule has 0 bridgehead atoms. The Labute approximate surface area is 323 Å². The van der Waals surface area contributed by atoms with Crippen molar-refractivity contribution in [3.63, 3.8) is 0 Å². The Balaban J connectivity index is 0.962. The van der Waals surface area contributed by atoms with E-state index < -0.39 is 0 Å².